The van der Waals surface area contributed by atoms with Gasteiger partial charge in [0.05, 0.1) is 18.3 Å². The van der Waals surface area contributed by atoms with Crippen LogP contribution >= 0.6 is 11.6 Å². The number of likely N-dealkylation sites (N-methyl/N-ethyl adjacent to an activating group) is 1. The lowest BCUT2D eigenvalue weighted by Crippen LogP contribution is -2.47. The standard InChI is InChI=1S/C12H17ClN2O2/c1-12(2,14-3)11(16)15-9-7-8(13)5-6-10(9)17-4/h5-7,14H,1-4H3,(H,15,16). The number of carbonyl (C=O) groups excluding carboxylic acids is 1. The first kappa shape index (κ1) is 13.8. The summed E-state index contributed by atoms with van der Waals surface area (Å²) in [7, 11) is 3.27. The molecule has 4 nitrogen and oxygen atoms in total. The number of ether oxygens (including phenoxy) is 1. The van der Waals surface area contributed by atoms with E-state index in [4.69, 9.17) is 16.3 Å². The summed E-state index contributed by atoms with van der Waals surface area (Å²) < 4.78 is 5.15. The minimum atomic E-state index is -0.659. The van der Waals surface area contributed by atoms with Crippen LogP contribution in [0, 0.1) is 0 Å². The maximum Gasteiger partial charge on any atom is 0.244 e. The van der Waals surface area contributed by atoms with Gasteiger partial charge < -0.3 is 15.4 Å². The third-order valence-electron chi connectivity index (χ3n) is 2.60. The fourth-order valence-electron chi connectivity index (χ4n) is 1.17. The zero-order chi connectivity index (χ0) is 13.1. The van der Waals surface area contributed by atoms with E-state index in [1.807, 2.05) is 0 Å². The topological polar surface area (TPSA) is 50.4 Å². The number of anilines is 1. The highest BCUT2D eigenvalue weighted by Crippen LogP contribution is 2.28. The number of methoxy groups -OCH3 is 1. The number of amides is 1. The van der Waals surface area contributed by atoms with Crippen LogP contribution in [0.5, 0.6) is 5.75 Å². The summed E-state index contributed by atoms with van der Waals surface area (Å²) >= 11 is 5.88. The lowest BCUT2D eigenvalue weighted by atomic mass is 10.1. The van der Waals surface area contributed by atoms with Crippen molar-refractivity contribution >= 4 is 23.2 Å². The second-order valence-corrected chi connectivity index (χ2v) is 4.61. The SMILES string of the molecule is CNC(C)(C)C(=O)Nc1cc(Cl)ccc1OC. The number of carbonyl (C=O) groups is 1. The molecule has 0 saturated heterocycles. The van der Waals surface area contributed by atoms with Gasteiger partial charge >= 0.3 is 0 Å². The number of halogens is 1. The van der Waals surface area contributed by atoms with Gasteiger partial charge in [-0.25, -0.2) is 0 Å². The quantitative estimate of drug-likeness (QED) is 0.869. The molecule has 0 spiro atoms. The van der Waals surface area contributed by atoms with E-state index in [1.54, 1.807) is 46.2 Å². The maximum atomic E-state index is 12.0. The van der Waals surface area contributed by atoms with Crippen LogP contribution in [-0.4, -0.2) is 25.6 Å². The molecule has 1 amide bonds. The summed E-state index contributed by atoms with van der Waals surface area (Å²) in [6.45, 7) is 3.58. The van der Waals surface area contributed by atoms with Crippen molar-refractivity contribution in [2.24, 2.45) is 0 Å². The fourth-order valence-corrected chi connectivity index (χ4v) is 1.34. The molecule has 0 aromatic heterocycles. The van der Waals surface area contributed by atoms with E-state index in [2.05, 4.69) is 10.6 Å². The summed E-state index contributed by atoms with van der Waals surface area (Å²) in [6, 6.07) is 5.08. The fraction of sp³-hybridized carbons (Fsp3) is 0.417. The Kier molecular flexibility index (Phi) is 4.37. The van der Waals surface area contributed by atoms with E-state index in [1.165, 1.54) is 0 Å². The third-order valence-corrected chi connectivity index (χ3v) is 2.84. The smallest absolute Gasteiger partial charge is 0.244 e. The molecule has 94 valence electrons. The lowest BCUT2D eigenvalue weighted by molar-refractivity contribution is -0.121. The molecule has 0 atom stereocenters. The molecule has 2 N–H and O–H groups in total. The molecule has 1 rings (SSSR count). The van der Waals surface area contributed by atoms with E-state index in [0.29, 0.717) is 16.5 Å². The molecule has 1 aromatic rings. The Balaban J connectivity index is 2.95. The highest BCUT2D eigenvalue weighted by Gasteiger charge is 2.25. The number of nitrogens with one attached hydrogen (secondary N) is 2. The first-order valence-corrected chi connectivity index (χ1v) is 5.62. The van der Waals surface area contributed by atoms with E-state index in [9.17, 15) is 4.79 Å². The second kappa shape index (κ2) is 5.38. The first-order valence-electron chi connectivity index (χ1n) is 5.24. The van der Waals surface area contributed by atoms with Crippen LogP contribution in [0.3, 0.4) is 0 Å². The molecule has 5 heteroatoms. The summed E-state index contributed by atoms with van der Waals surface area (Å²) in [4.78, 5) is 12.0. The first-order chi connectivity index (χ1) is 7.90. The van der Waals surface area contributed by atoms with E-state index < -0.39 is 5.54 Å². The lowest BCUT2D eigenvalue weighted by Gasteiger charge is -2.23. The van der Waals surface area contributed by atoms with Gasteiger partial charge in [0.25, 0.3) is 0 Å². The van der Waals surface area contributed by atoms with Gasteiger partial charge in [0.2, 0.25) is 5.91 Å². The van der Waals surface area contributed by atoms with Crippen molar-refractivity contribution in [3.05, 3.63) is 23.2 Å². The third kappa shape index (κ3) is 3.35. The summed E-state index contributed by atoms with van der Waals surface area (Å²) in [5.74, 6) is 0.426. The van der Waals surface area contributed by atoms with Gasteiger partial charge in [-0.1, -0.05) is 11.6 Å². The van der Waals surface area contributed by atoms with Crippen LogP contribution in [0.2, 0.25) is 5.02 Å². The highest BCUT2D eigenvalue weighted by atomic mass is 35.5. The molecule has 17 heavy (non-hydrogen) atoms. The highest BCUT2D eigenvalue weighted by molar-refractivity contribution is 6.31. The van der Waals surface area contributed by atoms with E-state index in [0.717, 1.165) is 0 Å². The zero-order valence-electron chi connectivity index (χ0n) is 10.4. The molecule has 0 bridgehead atoms. The Hall–Kier alpha value is -1.26. The van der Waals surface area contributed by atoms with Gasteiger partial charge in [-0.15, -0.1) is 0 Å². The molecular weight excluding hydrogens is 240 g/mol. The van der Waals surface area contributed by atoms with Gasteiger partial charge in [0.15, 0.2) is 0 Å². The molecule has 0 saturated carbocycles. The van der Waals surface area contributed by atoms with Crippen molar-refractivity contribution in [2.75, 3.05) is 19.5 Å². The van der Waals surface area contributed by atoms with Gasteiger partial charge in [-0.3, -0.25) is 4.79 Å². The average Bonchev–Trinajstić information content (AvgIpc) is 2.29. The van der Waals surface area contributed by atoms with Crippen LogP contribution in [0.4, 0.5) is 5.69 Å². The molecule has 0 aliphatic heterocycles. The van der Waals surface area contributed by atoms with Crippen molar-refractivity contribution in [1.29, 1.82) is 0 Å². The Morgan fingerprint density at radius 2 is 2.06 bits per heavy atom. The van der Waals surface area contributed by atoms with Gasteiger partial charge in [-0.05, 0) is 39.1 Å². The van der Waals surface area contributed by atoms with Crippen LogP contribution in [0.25, 0.3) is 0 Å². The second-order valence-electron chi connectivity index (χ2n) is 4.17. The minimum Gasteiger partial charge on any atom is -0.495 e. The Morgan fingerprint density at radius 1 is 1.41 bits per heavy atom. The van der Waals surface area contributed by atoms with Crippen LogP contribution < -0.4 is 15.4 Å². The van der Waals surface area contributed by atoms with Crippen molar-refractivity contribution in [3.63, 3.8) is 0 Å². The molecule has 1 aromatic carbocycles. The molecule has 0 heterocycles. The van der Waals surface area contributed by atoms with E-state index in [-0.39, 0.29) is 5.91 Å². The normalized spacial score (nSPS) is 11.1. The molecule has 0 unspecified atom stereocenters. The molecule has 0 aliphatic rings. The molecule has 0 fully saturated rings. The molecular formula is C12H17ClN2O2. The molecule has 0 aliphatic carbocycles. The maximum absolute atomic E-state index is 12.0. The predicted octanol–water partition coefficient (Wildman–Crippen LogP) is 2.29. The number of benzene rings is 1. The van der Waals surface area contributed by atoms with Crippen molar-refractivity contribution < 1.29 is 9.53 Å². The van der Waals surface area contributed by atoms with Crippen molar-refractivity contribution in [2.45, 2.75) is 19.4 Å². The average molecular weight is 257 g/mol. The summed E-state index contributed by atoms with van der Waals surface area (Å²) in [5.41, 5.74) is -0.0961. The van der Waals surface area contributed by atoms with Crippen molar-refractivity contribution in [1.82, 2.24) is 5.32 Å². The number of hydrogen-bond donors (Lipinski definition) is 2. The van der Waals surface area contributed by atoms with Gasteiger partial charge in [-0.2, -0.15) is 0 Å². The monoisotopic (exact) mass is 256 g/mol. The van der Waals surface area contributed by atoms with E-state index >= 15 is 0 Å². The number of hydrogen-bond acceptors (Lipinski definition) is 3. The largest absolute Gasteiger partial charge is 0.495 e. The van der Waals surface area contributed by atoms with Gasteiger partial charge in [0.1, 0.15) is 5.75 Å². The number of rotatable bonds is 4. The predicted molar refractivity (Wildman–Crippen MR) is 69.8 cm³/mol. The van der Waals surface area contributed by atoms with Gasteiger partial charge in [0, 0.05) is 5.02 Å². The van der Waals surface area contributed by atoms with Crippen LogP contribution in [-0.2, 0) is 4.79 Å². The Bertz CT molecular complexity index is 419. The Labute approximate surface area is 106 Å². The van der Waals surface area contributed by atoms with Crippen molar-refractivity contribution in [3.8, 4) is 5.75 Å². The summed E-state index contributed by atoms with van der Waals surface area (Å²) in [6.07, 6.45) is 0. The zero-order valence-corrected chi connectivity index (χ0v) is 11.2. The molecule has 0 radical (unpaired) electrons. The Morgan fingerprint density at radius 3 is 2.59 bits per heavy atom. The minimum absolute atomic E-state index is 0.152. The van der Waals surface area contributed by atoms with Crippen LogP contribution in [0.15, 0.2) is 18.2 Å². The van der Waals surface area contributed by atoms with Crippen LogP contribution in [0.1, 0.15) is 13.8 Å². The summed E-state index contributed by atoms with van der Waals surface area (Å²) in [5, 5.41) is 6.25.